The summed E-state index contributed by atoms with van der Waals surface area (Å²) in [6.07, 6.45) is 0.745. The van der Waals surface area contributed by atoms with E-state index < -0.39 is 0 Å². The number of halogens is 2. The predicted octanol–water partition coefficient (Wildman–Crippen LogP) is 4.08. The summed E-state index contributed by atoms with van der Waals surface area (Å²) in [5.74, 6) is -0.440. The van der Waals surface area contributed by atoms with Crippen molar-refractivity contribution in [1.82, 2.24) is 5.32 Å². The second-order valence-electron chi connectivity index (χ2n) is 5.12. The molecule has 1 N–H and O–H groups in total. The van der Waals surface area contributed by atoms with E-state index in [1.165, 1.54) is 18.2 Å². The van der Waals surface area contributed by atoms with E-state index in [2.05, 4.69) is 5.32 Å². The first-order valence-electron chi connectivity index (χ1n) is 6.69. The standard InChI is InChI=1S/C17H19F2N/c1-11-8-14(18)5-4-13(11)10-17(20-3)16-7-6-15(19)9-12(16)2/h4-9,17,20H,10H2,1-3H3. The van der Waals surface area contributed by atoms with E-state index in [0.29, 0.717) is 0 Å². The van der Waals surface area contributed by atoms with Crippen LogP contribution in [0.25, 0.3) is 0 Å². The maximum atomic E-state index is 13.2. The van der Waals surface area contributed by atoms with Gasteiger partial charge in [-0.05, 0) is 73.8 Å². The van der Waals surface area contributed by atoms with E-state index in [1.807, 2.05) is 33.0 Å². The quantitative estimate of drug-likeness (QED) is 0.886. The molecule has 0 aliphatic rings. The first kappa shape index (κ1) is 14.7. The van der Waals surface area contributed by atoms with Crippen LogP contribution in [0.4, 0.5) is 8.78 Å². The molecule has 0 radical (unpaired) electrons. The van der Waals surface area contributed by atoms with Gasteiger partial charge in [-0.3, -0.25) is 0 Å². The molecule has 3 heteroatoms. The average molecular weight is 275 g/mol. The van der Waals surface area contributed by atoms with E-state index in [0.717, 1.165) is 28.7 Å². The fourth-order valence-electron chi connectivity index (χ4n) is 2.51. The fraction of sp³-hybridized carbons (Fsp3) is 0.294. The number of likely N-dealkylation sites (N-methyl/N-ethyl adjacent to an activating group) is 1. The monoisotopic (exact) mass is 275 g/mol. The van der Waals surface area contributed by atoms with Crippen LogP contribution in [-0.4, -0.2) is 7.05 Å². The molecule has 2 aromatic carbocycles. The zero-order chi connectivity index (χ0) is 14.7. The summed E-state index contributed by atoms with van der Waals surface area (Å²) in [6.45, 7) is 3.81. The molecule has 1 nitrogen and oxygen atoms in total. The highest BCUT2D eigenvalue weighted by molar-refractivity contribution is 5.33. The van der Waals surface area contributed by atoms with Gasteiger partial charge >= 0.3 is 0 Å². The Kier molecular flexibility index (Phi) is 4.50. The molecule has 1 atom stereocenters. The van der Waals surface area contributed by atoms with Gasteiger partial charge in [0.2, 0.25) is 0 Å². The third kappa shape index (κ3) is 3.23. The minimum atomic E-state index is -0.223. The van der Waals surface area contributed by atoms with Gasteiger partial charge < -0.3 is 5.32 Å². The van der Waals surface area contributed by atoms with Gasteiger partial charge in [-0.1, -0.05) is 12.1 Å². The largest absolute Gasteiger partial charge is 0.313 e. The maximum absolute atomic E-state index is 13.2. The molecule has 2 rings (SSSR count). The van der Waals surface area contributed by atoms with Crippen molar-refractivity contribution in [3.8, 4) is 0 Å². The molecule has 0 aliphatic carbocycles. The van der Waals surface area contributed by atoms with Crippen LogP contribution in [0.2, 0.25) is 0 Å². The topological polar surface area (TPSA) is 12.0 Å². The Balaban J connectivity index is 2.28. The maximum Gasteiger partial charge on any atom is 0.123 e. The number of hydrogen-bond acceptors (Lipinski definition) is 1. The highest BCUT2D eigenvalue weighted by Crippen LogP contribution is 2.24. The molecule has 0 bridgehead atoms. The molecule has 0 saturated carbocycles. The van der Waals surface area contributed by atoms with Crippen molar-refractivity contribution >= 4 is 0 Å². The van der Waals surface area contributed by atoms with Crippen LogP contribution in [0.5, 0.6) is 0 Å². The first-order chi connectivity index (χ1) is 9.51. The number of aryl methyl sites for hydroxylation is 2. The Morgan fingerprint density at radius 2 is 1.55 bits per heavy atom. The van der Waals surface area contributed by atoms with Crippen molar-refractivity contribution in [1.29, 1.82) is 0 Å². The third-order valence-electron chi connectivity index (χ3n) is 3.68. The van der Waals surface area contributed by atoms with Crippen molar-refractivity contribution in [3.63, 3.8) is 0 Å². The van der Waals surface area contributed by atoms with Gasteiger partial charge in [-0.25, -0.2) is 8.78 Å². The van der Waals surface area contributed by atoms with Gasteiger partial charge in [0.25, 0.3) is 0 Å². The smallest absolute Gasteiger partial charge is 0.123 e. The van der Waals surface area contributed by atoms with Gasteiger partial charge in [-0.15, -0.1) is 0 Å². The predicted molar refractivity (Wildman–Crippen MR) is 77.8 cm³/mol. The summed E-state index contributed by atoms with van der Waals surface area (Å²) in [4.78, 5) is 0. The lowest BCUT2D eigenvalue weighted by atomic mass is 9.93. The highest BCUT2D eigenvalue weighted by atomic mass is 19.1. The average Bonchev–Trinajstić information content (AvgIpc) is 2.39. The van der Waals surface area contributed by atoms with Crippen LogP contribution >= 0.6 is 0 Å². The van der Waals surface area contributed by atoms with Gasteiger partial charge in [0.1, 0.15) is 11.6 Å². The molecular weight excluding hydrogens is 256 g/mol. The summed E-state index contributed by atoms with van der Waals surface area (Å²) in [5, 5.41) is 3.25. The Morgan fingerprint density at radius 3 is 2.10 bits per heavy atom. The van der Waals surface area contributed by atoms with Crippen molar-refractivity contribution in [3.05, 3.63) is 70.3 Å². The van der Waals surface area contributed by atoms with Gasteiger partial charge in [0.05, 0.1) is 0 Å². The van der Waals surface area contributed by atoms with E-state index in [1.54, 1.807) is 6.07 Å². The van der Waals surface area contributed by atoms with Crippen LogP contribution < -0.4 is 5.32 Å². The summed E-state index contributed by atoms with van der Waals surface area (Å²) in [6, 6.07) is 9.74. The molecule has 20 heavy (non-hydrogen) atoms. The zero-order valence-corrected chi connectivity index (χ0v) is 12.0. The first-order valence-corrected chi connectivity index (χ1v) is 6.69. The van der Waals surface area contributed by atoms with E-state index >= 15 is 0 Å². The van der Waals surface area contributed by atoms with E-state index in [4.69, 9.17) is 0 Å². The highest BCUT2D eigenvalue weighted by Gasteiger charge is 2.14. The van der Waals surface area contributed by atoms with Crippen LogP contribution in [0, 0.1) is 25.5 Å². The van der Waals surface area contributed by atoms with Gasteiger partial charge in [0.15, 0.2) is 0 Å². The number of rotatable bonds is 4. The molecule has 0 aromatic heterocycles. The molecule has 0 fully saturated rings. The summed E-state index contributed by atoms with van der Waals surface area (Å²) in [7, 11) is 1.88. The Bertz CT molecular complexity index is 608. The Morgan fingerprint density at radius 1 is 0.950 bits per heavy atom. The lowest BCUT2D eigenvalue weighted by Crippen LogP contribution is -2.20. The zero-order valence-electron chi connectivity index (χ0n) is 12.0. The van der Waals surface area contributed by atoms with Crippen LogP contribution in [0.1, 0.15) is 28.3 Å². The van der Waals surface area contributed by atoms with Crippen molar-refractivity contribution in [2.75, 3.05) is 7.05 Å². The molecular formula is C17H19F2N. The number of nitrogens with one attached hydrogen (secondary N) is 1. The van der Waals surface area contributed by atoms with Gasteiger partial charge in [0, 0.05) is 6.04 Å². The third-order valence-corrected chi connectivity index (χ3v) is 3.68. The van der Waals surface area contributed by atoms with E-state index in [9.17, 15) is 8.78 Å². The van der Waals surface area contributed by atoms with Crippen LogP contribution in [-0.2, 0) is 6.42 Å². The molecule has 0 aliphatic heterocycles. The lowest BCUT2D eigenvalue weighted by molar-refractivity contribution is 0.578. The molecule has 0 saturated heterocycles. The molecule has 106 valence electrons. The molecule has 0 amide bonds. The second-order valence-corrected chi connectivity index (χ2v) is 5.12. The fourth-order valence-corrected chi connectivity index (χ4v) is 2.51. The van der Waals surface area contributed by atoms with Crippen molar-refractivity contribution in [2.45, 2.75) is 26.3 Å². The van der Waals surface area contributed by atoms with Crippen LogP contribution in [0.15, 0.2) is 36.4 Å². The van der Waals surface area contributed by atoms with E-state index in [-0.39, 0.29) is 17.7 Å². The summed E-state index contributed by atoms with van der Waals surface area (Å²) < 4.78 is 26.3. The normalized spacial score (nSPS) is 12.4. The number of benzene rings is 2. The van der Waals surface area contributed by atoms with Crippen LogP contribution in [0.3, 0.4) is 0 Å². The Hall–Kier alpha value is -1.74. The molecule has 1 unspecified atom stereocenters. The number of hydrogen-bond donors (Lipinski definition) is 1. The minimum Gasteiger partial charge on any atom is -0.313 e. The summed E-state index contributed by atoms with van der Waals surface area (Å²) in [5.41, 5.74) is 4.02. The minimum absolute atomic E-state index is 0.0831. The summed E-state index contributed by atoms with van der Waals surface area (Å²) >= 11 is 0. The second kappa shape index (κ2) is 6.14. The van der Waals surface area contributed by atoms with Gasteiger partial charge in [-0.2, -0.15) is 0 Å². The molecule has 0 spiro atoms. The van der Waals surface area contributed by atoms with Crippen molar-refractivity contribution in [2.24, 2.45) is 0 Å². The lowest BCUT2D eigenvalue weighted by Gasteiger charge is -2.20. The Labute approximate surface area is 118 Å². The SMILES string of the molecule is CNC(Cc1ccc(F)cc1C)c1ccc(F)cc1C. The van der Waals surface area contributed by atoms with Crippen molar-refractivity contribution < 1.29 is 8.78 Å². The molecule has 0 heterocycles. The molecule has 2 aromatic rings.